The van der Waals surface area contributed by atoms with Crippen LogP contribution in [0.15, 0.2) is 24.5 Å². The van der Waals surface area contributed by atoms with Crippen molar-refractivity contribution in [2.24, 2.45) is 0 Å². The monoisotopic (exact) mass is 512 g/mol. The Labute approximate surface area is 215 Å². The van der Waals surface area contributed by atoms with Crippen molar-refractivity contribution in [1.82, 2.24) is 19.7 Å². The van der Waals surface area contributed by atoms with Gasteiger partial charge < -0.3 is 14.8 Å². The van der Waals surface area contributed by atoms with E-state index in [9.17, 15) is 13.6 Å². The molecule has 3 aromatic rings. The van der Waals surface area contributed by atoms with Gasteiger partial charge in [0.2, 0.25) is 0 Å². The van der Waals surface area contributed by atoms with Gasteiger partial charge in [0.1, 0.15) is 12.1 Å². The van der Waals surface area contributed by atoms with Crippen LogP contribution in [0.5, 0.6) is 5.75 Å². The first-order valence-corrected chi connectivity index (χ1v) is 13.2. The van der Waals surface area contributed by atoms with Crippen LogP contribution < -0.4 is 10.1 Å². The molecule has 5 rings (SSSR count). The van der Waals surface area contributed by atoms with E-state index in [1.54, 1.807) is 24.8 Å². The molecule has 7 nitrogen and oxygen atoms in total. The van der Waals surface area contributed by atoms with Crippen LogP contribution >= 0.6 is 0 Å². The number of aromatic nitrogens is 3. The smallest absolute Gasteiger partial charge is 0.274 e. The molecule has 1 saturated carbocycles. The second-order valence-corrected chi connectivity index (χ2v) is 10.4. The van der Waals surface area contributed by atoms with Crippen LogP contribution in [0.4, 0.5) is 8.78 Å². The largest absolute Gasteiger partial charge is 0.490 e. The summed E-state index contributed by atoms with van der Waals surface area (Å²) < 4.78 is 41.9. The molecular weight excluding hydrogens is 478 g/mol. The maximum Gasteiger partial charge on any atom is 0.274 e. The Morgan fingerprint density at radius 1 is 1.16 bits per heavy atom. The quantitative estimate of drug-likeness (QED) is 0.468. The van der Waals surface area contributed by atoms with Gasteiger partial charge in [0.25, 0.3) is 5.91 Å². The molecule has 0 spiro atoms. The van der Waals surface area contributed by atoms with Gasteiger partial charge in [-0.3, -0.25) is 9.20 Å². The highest BCUT2D eigenvalue weighted by molar-refractivity contribution is 5.98. The van der Waals surface area contributed by atoms with Crippen molar-refractivity contribution in [3.8, 4) is 5.75 Å². The summed E-state index contributed by atoms with van der Waals surface area (Å²) in [5.41, 5.74) is 1.24. The van der Waals surface area contributed by atoms with Crippen molar-refractivity contribution in [2.45, 2.75) is 82.8 Å². The molecule has 2 aromatic heterocycles. The molecule has 0 radical (unpaired) electrons. The number of rotatable bonds is 5. The van der Waals surface area contributed by atoms with Gasteiger partial charge in [-0.2, -0.15) is 0 Å². The topological polar surface area (TPSA) is 77.8 Å². The summed E-state index contributed by atoms with van der Waals surface area (Å²) in [5, 5.41) is 2.92. The Hall–Kier alpha value is -3.07. The number of ether oxygens (including phenoxy) is 2. The molecule has 37 heavy (non-hydrogen) atoms. The lowest BCUT2D eigenvalue weighted by Crippen LogP contribution is -2.47. The Morgan fingerprint density at radius 2 is 1.86 bits per heavy atom. The molecule has 1 atom stereocenters. The summed E-state index contributed by atoms with van der Waals surface area (Å²) in [6.45, 7) is 2.18. The standard InChI is InChI=1S/C28H34F2N4O3/c1-28(13-14-37-25-21(30)12-11-20(29)23(25)28)33-27(35)24-26-32-22(15-19(16-36-2)34(26)17-31-24)18-9-7-5-3-4-6-8-10-18/h11-12,15,17-18H,3-10,13-14,16H2,1-2H3,(H,33,35). The zero-order valence-corrected chi connectivity index (χ0v) is 21.5. The Balaban J connectivity index is 1.51. The Bertz CT molecular complexity index is 1280. The van der Waals surface area contributed by atoms with E-state index in [0.717, 1.165) is 49.2 Å². The van der Waals surface area contributed by atoms with E-state index in [-0.39, 0.29) is 30.0 Å². The lowest BCUT2D eigenvalue weighted by molar-refractivity contribution is 0.0863. The maximum absolute atomic E-state index is 14.8. The predicted molar refractivity (Wildman–Crippen MR) is 135 cm³/mol. The molecule has 9 heteroatoms. The minimum Gasteiger partial charge on any atom is -0.490 e. The number of hydrogen-bond donors (Lipinski definition) is 1. The zero-order valence-electron chi connectivity index (χ0n) is 21.5. The first-order chi connectivity index (χ1) is 17.9. The fraction of sp³-hybridized carbons (Fsp3) is 0.536. The number of benzene rings is 1. The molecule has 1 aromatic carbocycles. The van der Waals surface area contributed by atoms with Gasteiger partial charge in [-0.1, -0.05) is 38.5 Å². The molecule has 1 N–H and O–H groups in total. The molecule has 1 amide bonds. The predicted octanol–water partition coefficient (Wildman–Crippen LogP) is 5.80. The fourth-order valence-electron chi connectivity index (χ4n) is 5.72. The molecule has 1 unspecified atom stereocenters. The molecule has 3 heterocycles. The molecule has 1 fully saturated rings. The average molecular weight is 513 g/mol. The summed E-state index contributed by atoms with van der Waals surface area (Å²) in [7, 11) is 1.63. The first-order valence-electron chi connectivity index (χ1n) is 13.2. The van der Waals surface area contributed by atoms with Gasteiger partial charge in [0.05, 0.1) is 30.0 Å². The number of carbonyl (C=O) groups excluding carboxylic acids is 1. The SMILES string of the molecule is COCc1cc(C2CCCCCCCC2)nc2c(C(=O)NC3(C)CCOc4c(F)ccc(F)c43)ncn12. The third kappa shape index (κ3) is 5.06. The van der Waals surface area contributed by atoms with Crippen LogP contribution in [-0.4, -0.2) is 34.0 Å². The maximum atomic E-state index is 14.8. The minimum absolute atomic E-state index is 0.00919. The number of carbonyl (C=O) groups is 1. The van der Waals surface area contributed by atoms with Crippen LogP contribution in [0.25, 0.3) is 5.65 Å². The van der Waals surface area contributed by atoms with Crippen molar-refractivity contribution in [1.29, 1.82) is 0 Å². The van der Waals surface area contributed by atoms with E-state index in [0.29, 0.717) is 18.2 Å². The number of methoxy groups -OCH3 is 1. The first kappa shape index (κ1) is 25.6. The van der Waals surface area contributed by atoms with Gasteiger partial charge in [-0.15, -0.1) is 0 Å². The number of nitrogens with one attached hydrogen (secondary N) is 1. The van der Waals surface area contributed by atoms with E-state index < -0.39 is 23.1 Å². The van der Waals surface area contributed by atoms with Gasteiger partial charge in [0, 0.05) is 25.1 Å². The van der Waals surface area contributed by atoms with Crippen molar-refractivity contribution >= 4 is 11.6 Å². The molecular formula is C28H34F2N4O3. The summed E-state index contributed by atoms with van der Waals surface area (Å²) >= 11 is 0. The highest BCUT2D eigenvalue weighted by Crippen LogP contribution is 2.40. The van der Waals surface area contributed by atoms with Crippen molar-refractivity contribution in [3.63, 3.8) is 0 Å². The summed E-state index contributed by atoms with van der Waals surface area (Å²) in [5.74, 6) is -1.64. The highest BCUT2D eigenvalue weighted by atomic mass is 19.1. The number of nitrogens with zero attached hydrogens (tertiary/aromatic N) is 3. The molecule has 0 bridgehead atoms. The van der Waals surface area contributed by atoms with Crippen LogP contribution in [-0.2, 0) is 16.9 Å². The number of amides is 1. The average Bonchev–Trinajstić information content (AvgIpc) is 3.35. The van der Waals surface area contributed by atoms with Gasteiger partial charge in [-0.25, -0.2) is 18.7 Å². The van der Waals surface area contributed by atoms with Gasteiger partial charge >= 0.3 is 0 Å². The Morgan fingerprint density at radius 3 is 2.59 bits per heavy atom. The summed E-state index contributed by atoms with van der Waals surface area (Å²) in [6.07, 6.45) is 11.3. The van der Waals surface area contributed by atoms with Crippen molar-refractivity contribution in [3.05, 3.63) is 58.8 Å². The van der Waals surface area contributed by atoms with Crippen LogP contribution in [0, 0.1) is 11.6 Å². The highest BCUT2D eigenvalue weighted by Gasteiger charge is 2.40. The number of hydrogen-bond acceptors (Lipinski definition) is 5. The van der Waals surface area contributed by atoms with E-state index >= 15 is 0 Å². The zero-order chi connectivity index (χ0) is 26.0. The Kier molecular flexibility index (Phi) is 7.42. The van der Waals surface area contributed by atoms with E-state index in [2.05, 4.69) is 16.4 Å². The number of fused-ring (bicyclic) bond motifs is 2. The molecule has 1 aliphatic carbocycles. The summed E-state index contributed by atoms with van der Waals surface area (Å²) in [6, 6.07) is 4.16. The van der Waals surface area contributed by atoms with Gasteiger partial charge in [0.15, 0.2) is 22.9 Å². The second kappa shape index (κ2) is 10.7. The number of imidazole rings is 1. The molecule has 198 valence electrons. The van der Waals surface area contributed by atoms with Gasteiger partial charge in [-0.05, 0) is 38.0 Å². The fourth-order valence-corrected chi connectivity index (χ4v) is 5.72. The van der Waals surface area contributed by atoms with E-state index in [1.807, 2.05) is 0 Å². The van der Waals surface area contributed by atoms with Crippen LogP contribution in [0.2, 0.25) is 0 Å². The lowest BCUT2D eigenvalue weighted by Gasteiger charge is -2.36. The second-order valence-electron chi connectivity index (χ2n) is 10.4. The normalized spacial score (nSPS) is 21.0. The molecule has 2 aliphatic rings. The van der Waals surface area contributed by atoms with Crippen molar-refractivity contribution < 1.29 is 23.0 Å². The van der Waals surface area contributed by atoms with Crippen LogP contribution in [0.1, 0.15) is 98.1 Å². The molecule has 0 saturated heterocycles. The molecule has 1 aliphatic heterocycles. The summed E-state index contributed by atoms with van der Waals surface area (Å²) in [4.78, 5) is 22.9. The van der Waals surface area contributed by atoms with Crippen LogP contribution in [0.3, 0.4) is 0 Å². The third-order valence-electron chi connectivity index (χ3n) is 7.73. The van der Waals surface area contributed by atoms with E-state index in [4.69, 9.17) is 14.5 Å². The number of halogens is 2. The van der Waals surface area contributed by atoms with Crippen molar-refractivity contribution in [2.75, 3.05) is 13.7 Å². The lowest BCUT2D eigenvalue weighted by atomic mass is 9.85. The minimum atomic E-state index is -1.17. The van der Waals surface area contributed by atoms with E-state index in [1.165, 1.54) is 25.7 Å². The third-order valence-corrected chi connectivity index (χ3v) is 7.73.